The Morgan fingerprint density at radius 1 is 1.12 bits per heavy atom. The zero-order chi connectivity index (χ0) is 22.6. The Kier molecular flexibility index (Phi) is 6.88. The first kappa shape index (κ1) is 22.4. The third kappa shape index (κ3) is 5.53. The van der Waals surface area contributed by atoms with Crippen LogP contribution in [0.2, 0.25) is 0 Å². The molecule has 4 rings (SSSR count). The average Bonchev–Trinajstić information content (AvgIpc) is 3.45. The molecule has 2 aliphatic heterocycles. The van der Waals surface area contributed by atoms with Crippen molar-refractivity contribution in [1.29, 1.82) is 0 Å². The Hall–Kier alpha value is -2.75. The first-order chi connectivity index (χ1) is 15.4. The first-order valence-electron chi connectivity index (χ1n) is 10.8. The van der Waals surface area contributed by atoms with Gasteiger partial charge in [0.25, 0.3) is 5.91 Å². The van der Waals surface area contributed by atoms with Crippen molar-refractivity contribution in [3.63, 3.8) is 0 Å². The maximum Gasteiger partial charge on any atom is 0.255 e. The van der Waals surface area contributed by atoms with E-state index in [0.29, 0.717) is 30.8 Å². The highest BCUT2D eigenvalue weighted by molar-refractivity contribution is 7.89. The van der Waals surface area contributed by atoms with Crippen LogP contribution in [0.5, 0.6) is 0 Å². The summed E-state index contributed by atoms with van der Waals surface area (Å²) in [4.78, 5) is 26.4. The molecule has 0 aliphatic carbocycles. The van der Waals surface area contributed by atoms with Gasteiger partial charge in [-0.05, 0) is 61.2 Å². The van der Waals surface area contributed by atoms with Crippen molar-refractivity contribution >= 4 is 27.5 Å². The number of benzene rings is 2. The topological polar surface area (TPSA) is 105 Å². The van der Waals surface area contributed by atoms with E-state index in [2.05, 4.69) is 10.0 Å². The number of carbonyl (C=O) groups is 2. The van der Waals surface area contributed by atoms with Crippen LogP contribution in [-0.4, -0.2) is 50.9 Å². The fourth-order valence-corrected chi connectivity index (χ4v) is 4.99. The molecule has 2 aromatic carbocycles. The van der Waals surface area contributed by atoms with Crippen LogP contribution in [0, 0.1) is 0 Å². The summed E-state index contributed by atoms with van der Waals surface area (Å²) >= 11 is 0. The van der Waals surface area contributed by atoms with E-state index in [1.165, 1.54) is 24.3 Å². The molecule has 2 amide bonds. The fraction of sp³-hybridized carbons (Fsp3) is 0.391. The number of sulfonamides is 1. The van der Waals surface area contributed by atoms with Gasteiger partial charge in [-0.1, -0.05) is 12.1 Å². The lowest BCUT2D eigenvalue weighted by atomic mass is 10.1. The lowest BCUT2D eigenvalue weighted by Gasteiger charge is -2.16. The van der Waals surface area contributed by atoms with Crippen LogP contribution in [0.4, 0.5) is 5.69 Å². The minimum atomic E-state index is -3.66. The second-order valence-electron chi connectivity index (χ2n) is 8.08. The molecule has 0 saturated carbocycles. The molecule has 1 unspecified atom stereocenters. The van der Waals surface area contributed by atoms with Crippen molar-refractivity contribution in [3.05, 3.63) is 59.7 Å². The Morgan fingerprint density at radius 2 is 1.94 bits per heavy atom. The van der Waals surface area contributed by atoms with Crippen molar-refractivity contribution in [1.82, 2.24) is 9.62 Å². The average molecular weight is 458 g/mol. The largest absolute Gasteiger partial charge is 0.377 e. The molecule has 0 aromatic heterocycles. The smallest absolute Gasteiger partial charge is 0.255 e. The minimum absolute atomic E-state index is 0.0887. The number of hydrogen-bond donors (Lipinski definition) is 2. The van der Waals surface area contributed by atoms with Gasteiger partial charge in [0.05, 0.1) is 11.0 Å². The number of nitrogens with one attached hydrogen (secondary N) is 2. The molecule has 0 spiro atoms. The summed E-state index contributed by atoms with van der Waals surface area (Å²) < 4.78 is 32.9. The van der Waals surface area contributed by atoms with E-state index in [9.17, 15) is 18.0 Å². The van der Waals surface area contributed by atoms with E-state index < -0.39 is 10.0 Å². The number of amides is 2. The van der Waals surface area contributed by atoms with Gasteiger partial charge in [0.2, 0.25) is 15.9 Å². The third-order valence-corrected chi connectivity index (χ3v) is 7.12. The number of nitrogens with zero attached hydrogens (tertiary/aromatic N) is 1. The standard InChI is InChI=1S/C23H27N3O5S/c27-22-7-2-12-26(22)16-17-4-1-5-19(14-17)25-23(28)18-8-10-21(11-9-18)32(29,30)24-15-20-6-3-13-31-20/h1,4-5,8-11,14,20,24H,2-3,6-7,12-13,15-16H2,(H,25,28). The number of hydrogen-bond acceptors (Lipinski definition) is 5. The van der Waals surface area contributed by atoms with E-state index in [4.69, 9.17) is 4.74 Å². The normalized spacial score (nSPS) is 18.8. The second kappa shape index (κ2) is 9.81. The summed E-state index contributed by atoms with van der Waals surface area (Å²) in [5.41, 5.74) is 1.91. The molecule has 2 fully saturated rings. The minimum Gasteiger partial charge on any atom is -0.377 e. The van der Waals surface area contributed by atoms with Crippen LogP contribution in [0.1, 0.15) is 41.6 Å². The van der Waals surface area contributed by atoms with Crippen LogP contribution in [0.25, 0.3) is 0 Å². The highest BCUT2D eigenvalue weighted by Crippen LogP contribution is 2.19. The van der Waals surface area contributed by atoms with Crippen LogP contribution >= 0.6 is 0 Å². The first-order valence-corrected chi connectivity index (χ1v) is 12.3. The molecule has 2 aliphatic rings. The summed E-state index contributed by atoms with van der Waals surface area (Å²) in [6, 6.07) is 13.2. The van der Waals surface area contributed by atoms with Gasteiger partial charge in [-0.25, -0.2) is 13.1 Å². The van der Waals surface area contributed by atoms with Crippen LogP contribution < -0.4 is 10.0 Å². The van der Waals surface area contributed by atoms with Gasteiger partial charge in [0, 0.05) is 43.9 Å². The molecule has 2 saturated heterocycles. The zero-order valence-corrected chi connectivity index (χ0v) is 18.6. The molecular formula is C23H27N3O5S. The van der Waals surface area contributed by atoms with Crippen molar-refractivity contribution in [2.45, 2.75) is 43.2 Å². The maximum atomic E-state index is 12.6. The van der Waals surface area contributed by atoms with Gasteiger partial charge in [-0.15, -0.1) is 0 Å². The Bertz CT molecular complexity index is 1080. The van der Waals surface area contributed by atoms with Crippen molar-refractivity contribution < 1.29 is 22.7 Å². The number of carbonyl (C=O) groups excluding carboxylic acids is 2. The van der Waals surface area contributed by atoms with Gasteiger partial charge in [0.1, 0.15) is 0 Å². The van der Waals surface area contributed by atoms with Gasteiger partial charge in [-0.3, -0.25) is 9.59 Å². The monoisotopic (exact) mass is 457 g/mol. The lowest BCUT2D eigenvalue weighted by molar-refractivity contribution is -0.128. The second-order valence-corrected chi connectivity index (χ2v) is 9.85. The quantitative estimate of drug-likeness (QED) is 0.634. The maximum absolute atomic E-state index is 12.6. The van der Waals surface area contributed by atoms with E-state index >= 15 is 0 Å². The van der Waals surface area contributed by atoms with Gasteiger partial charge in [0.15, 0.2) is 0 Å². The van der Waals surface area contributed by atoms with Crippen molar-refractivity contribution in [3.8, 4) is 0 Å². The number of ether oxygens (including phenoxy) is 1. The van der Waals surface area contributed by atoms with E-state index in [1.807, 2.05) is 23.1 Å². The molecule has 0 radical (unpaired) electrons. The molecule has 2 aromatic rings. The molecular weight excluding hydrogens is 430 g/mol. The predicted octanol–water partition coefficient (Wildman–Crippen LogP) is 2.52. The van der Waals surface area contributed by atoms with E-state index in [-0.39, 0.29) is 29.4 Å². The molecule has 2 heterocycles. The molecule has 32 heavy (non-hydrogen) atoms. The number of rotatable bonds is 8. The van der Waals surface area contributed by atoms with E-state index in [1.54, 1.807) is 6.07 Å². The molecule has 1 atom stereocenters. The molecule has 9 heteroatoms. The third-order valence-electron chi connectivity index (χ3n) is 5.68. The molecule has 2 N–H and O–H groups in total. The Labute approximate surface area is 188 Å². The Balaban J connectivity index is 1.36. The van der Waals surface area contributed by atoms with Crippen molar-refractivity contribution in [2.24, 2.45) is 0 Å². The SMILES string of the molecule is O=C(Nc1cccc(CN2CCCC2=O)c1)c1ccc(S(=O)(=O)NCC2CCCO2)cc1. The van der Waals surface area contributed by atoms with Crippen LogP contribution in [0.3, 0.4) is 0 Å². The van der Waals surface area contributed by atoms with Gasteiger partial charge >= 0.3 is 0 Å². The van der Waals surface area contributed by atoms with E-state index in [0.717, 1.165) is 31.4 Å². The zero-order valence-electron chi connectivity index (χ0n) is 17.7. The summed E-state index contributed by atoms with van der Waals surface area (Å²) in [6.45, 7) is 2.18. The molecule has 8 nitrogen and oxygen atoms in total. The predicted molar refractivity (Wildman–Crippen MR) is 120 cm³/mol. The highest BCUT2D eigenvalue weighted by atomic mass is 32.2. The number of anilines is 1. The highest BCUT2D eigenvalue weighted by Gasteiger charge is 2.21. The summed E-state index contributed by atoms with van der Waals surface area (Å²) in [6.07, 6.45) is 3.16. The van der Waals surface area contributed by atoms with Crippen LogP contribution in [-0.2, 0) is 26.1 Å². The summed E-state index contributed by atoms with van der Waals surface area (Å²) in [7, 11) is -3.66. The van der Waals surface area contributed by atoms with Crippen molar-refractivity contribution in [2.75, 3.05) is 25.0 Å². The van der Waals surface area contributed by atoms with Crippen LogP contribution in [0.15, 0.2) is 53.4 Å². The lowest BCUT2D eigenvalue weighted by Crippen LogP contribution is -2.31. The fourth-order valence-electron chi connectivity index (χ4n) is 3.92. The summed E-state index contributed by atoms with van der Waals surface area (Å²) in [5.74, 6) is -0.185. The molecule has 0 bridgehead atoms. The summed E-state index contributed by atoms with van der Waals surface area (Å²) in [5, 5.41) is 2.83. The van der Waals surface area contributed by atoms with Gasteiger partial charge in [-0.2, -0.15) is 0 Å². The molecule has 170 valence electrons. The number of likely N-dealkylation sites (tertiary alicyclic amines) is 1. The van der Waals surface area contributed by atoms with Gasteiger partial charge < -0.3 is 15.0 Å². The Morgan fingerprint density at radius 3 is 2.62 bits per heavy atom.